The first-order valence-electron chi connectivity index (χ1n) is 5.94. The minimum Gasteiger partial charge on any atom is -0.377 e. The van der Waals surface area contributed by atoms with Crippen LogP contribution in [0.5, 0.6) is 0 Å². The fourth-order valence-electron chi connectivity index (χ4n) is 1.34. The van der Waals surface area contributed by atoms with Crippen molar-refractivity contribution in [3.05, 3.63) is 18.0 Å². The maximum Gasteiger partial charge on any atom is 0.191 e. The minimum absolute atomic E-state index is 0. The number of hydrogen-bond acceptors (Lipinski definition) is 3. The molecule has 1 aromatic rings. The average molecular weight is 381 g/mol. The number of guanidine groups is 1. The van der Waals surface area contributed by atoms with E-state index in [4.69, 9.17) is 4.74 Å². The summed E-state index contributed by atoms with van der Waals surface area (Å²) in [6.07, 6.45) is 3.80. The number of ether oxygens (including phenoxy) is 1. The van der Waals surface area contributed by atoms with Crippen LogP contribution in [0.25, 0.3) is 0 Å². The fraction of sp³-hybridized carbons (Fsp3) is 0.667. The van der Waals surface area contributed by atoms with Gasteiger partial charge in [-0.1, -0.05) is 0 Å². The molecule has 1 aromatic heterocycles. The molecule has 7 heteroatoms. The number of nitrogens with zero attached hydrogens (tertiary/aromatic N) is 3. The van der Waals surface area contributed by atoms with E-state index in [0.717, 1.165) is 11.5 Å². The molecule has 0 aliphatic rings. The van der Waals surface area contributed by atoms with E-state index in [-0.39, 0.29) is 29.6 Å². The lowest BCUT2D eigenvalue weighted by Gasteiger charge is -2.24. The zero-order valence-corrected chi connectivity index (χ0v) is 14.6. The molecule has 0 atom stereocenters. The van der Waals surface area contributed by atoms with Crippen molar-refractivity contribution in [2.45, 2.75) is 26.0 Å². The molecule has 0 fully saturated rings. The van der Waals surface area contributed by atoms with Gasteiger partial charge in [0.2, 0.25) is 0 Å². The van der Waals surface area contributed by atoms with Crippen molar-refractivity contribution in [1.29, 1.82) is 0 Å². The Balaban J connectivity index is 0.00000324. The van der Waals surface area contributed by atoms with E-state index in [0.29, 0.717) is 13.1 Å². The molecule has 6 nitrogen and oxygen atoms in total. The van der Waals surface area contributed by atoms with Gasteiger partial charge < -0.3 is 15.4 Å². The van der Waals surface area contributed by atoms with Crippen molar-refractivity contribution < 1.29 is 4.74 Å². The molecule has 0 aliphatic carbocycles. The van der Waals surface area contributed by atoms with Crippen LogP contribution in [0.15, 0.2) is 17.4 Å². The molecule has 0 bridgehead atoms. The molecule has 0 spiro atoms. The zero-order valence-electron chi connectivity index (χ0n) is 12.2. The van der Waals surface area contributed by atoms with Gasteiger partial charge in [-0.15, -0.1) is 24.0 Å². The Labute approximate surface area is 132 Å². The Morgan fingerprint density at radius 1 is 1.47 bits per heavy atom. The van der Waals surface area contributed by atoms with E-state index in [1.807, 2.05) is 33.3 Å². The molecule has 0 saturated heterocycles. The van der Waals surface area contributed by atoms with Crippen LogP contribution in [0.3, 0.4) is 0 Å². The Morgan fingerprint density at radius 3 is 2.63 bits per heavy atom. The lowest BCUT2D eigenvalue weighted by molar-refractivity contribution is 0.0268. The molecule has 0 amide bonds. The fourth-order valence-corrected chi connectivity index (χ4v) is 1.34. The number of aromatic nitrogens is 2. The van der Waals surface area contributed by atoms with E-state index in [1.165, 1.54) is 0 Å². The van der Waals surface area contributed by atoms with E-state index < -0.39 is 0 Å². The molecule has 2 N–H and O–H groups in total. The van der Waals surface area contributed by atoms with Crippen LogP contribution in [-0.2, 0) is 18.3 Å². The Morgan fingerprint density at radius 2 is 2.16 bits per heavy atom. The van der Waals surface area contributed by atoms with Crippen LogP contribution in [0.1, 0.15) is 19.4 Å². The minimum atomic E-state index is -0.216. The molecule has 0 aromatic carbocycles. The maximum absolute atomic E-state index is 5.34. The number of hydrogen-bond donors (Lipinski definition) is 2. The third-order valence-corrected chi connectivity index (χ3v) is 2.68. The molecular formula is C12H24IN5O. The monoisotopic (exact) mass is 381 g/mol. The van der Waals surface area contributed by atoms with Gasteiger partial charge in [0.1, 0.15) is 0 Å². The van der Waals surface area contributed by atoms with Crippen LogP contribution in [0, 0.1) is 0 Å². The summed E-state index contributed by atoms with van der Waals surface area (Å²) in [7, 11) is 5.35. The summed E-state index contributed by atoms with van der Waals surface area (Å²) in [6, 6.07) is 0. The van der Waals surface area contributed by atoms with Crippen LogP contribution in [0.2, 0.25) is 0 Å². The highest BCUT2D eigenvalue weighted by Gasteiger charge is 2.16. The Kier molecular flexibility index (Phi) is 8.00. The van der Waals surface area contributed by atoms with Gasteiger partial charge in [-0.05, 0) is 13.8 Å². The quantitative estimate of drug-likeness (QED) is 0.456. The standard InChI is InChI=1S/C12H23N5O.HI/c1-12(2,18-5)9-15-11(13-3)14-6-10-7-16-17(4)8-10;/h7-8H,6,9H2,1-5H3,(H2,13,14,15);1H. The number of aryl methyl sites for hydroxylation is 1. The predicted octanol–water partition coefficient (Wildman–Crippen LogP) is 1.13. The zero-order chi connectivity index (χ0) is 13.6. The van der Waals surface area contributed by atoms with Gasteiger partial charge in [-0.25, -0.2) is 0 Å². The summed E-state index contributed by atoms with van der Waals surface area (Å²) in [5.74, 6) is 0.754. The average Bonchev–Trinajstić information content (AvgIpc) is 2.75. The van der Waals surface area contributed by atoms with Gasteiger partial charge in [0.25, 0.3) is 0 Å². The van der Waals surface area contributed by atoms with Crippen LogP contribution in [0.4, 0.5) is 0 Å². The second kappa shape index (κ2) is 8.36. The van der Waals surface area contributed by atoms with Crippen LogP contribution >= 0.6 is 24.0 Å². The van der Waals surface area contributed by atoms with E-state index in [2.05, 4.69) is 20.7 Å². The predicted molar refractivity (Wildman–Crippen MR) is 87.9 cm³/mol. The van der Waals surface area contributed by atoms with Gasteiger partial charge in [-0.3, -0.25) is 9.67 Å². The first-order valence-corrected chi connectivity index (χ1v) is 5.94. The van der Waals surface area contributed by atoms with Gasteiger partial charge in [0, 0.05) is 46.1 Å². The highest BCUT2D eigenvalue weighted by atomic mass is 127. The van der Waals surface area contributed by atoms with Crippen molar-refractivity contribution in [2.75, 3.05) is 20.7 Å². The molecule has 0 unspecified atom stereocenters. The Bertz CT molecular complexity index is 403. The number of nitrogens with one attached hydrogen (secondary N) is 2. The van der Waals surface area contributed by atoms with E-state index in [9.17, 15) is 0 Å². The first kappa shape index (κ1) is 18.2. The summed E-state index contributed by atoms with van der Waals surface area (Å²) in [5, 5.41) is 10.6. The summed E-state index contributed by atoms with van der Waals surface area (Å²) in [4.78, 5) is 4.16. The van der Waals surface area contributed by atoms with Crippen molar-refractivity contribution in [3.8, 4) is 0 Å². The smallest absolute Gasteiger partial charge is 0.191 e. The molecule has 19 heavy (non-hydrogen) atoms. The van der Waals surface area contributed by atoms with Crippen LogP contribution < -0.4 is 10.6 Å². The number of aliphatic imine (C=N–C) groups is 1. The number of methoxy groups -OCH3 is 1. The third-order valence-electron chi connectivity index (χ3n) is 2.68. The molecule has 0 saturated carbocycles. The SMILES string of the molecule is CN=C(NCc1cnn(C)c1)NCC(C)(C)OC.I. The van der Waals surface area contributed by atoms with Gasteiger partial charge >= 0.3 is 0 Å². The van der Waals surface area contributed by atoms with E-state index in [1.54, 1.807) is 18.8 Å². The molecule has 0 radical (unpaired) electrons. The molecular weight excluding hydrogens is 357 g/mol. The third kappa shape index (κ3) is 6.76. The van der Waals surface area contributed by atoms with Gasteiger partial charge in [0.15, 0.2) is 5.96 Å². The lowest BCUT2D eigenvalue weighted by atomic mass is 10.1. The highest BCUT2D eigenvalue weighted by Crippen LogP contribution is 2.04. The van der Waals surface area contributed by atoms with E-state index >= 15 is 0 Å². The van der Waals surface area contributed by atoms with Crippen molar-refractivity contribution in [3.63, 3.8) is 0 Å². The van der Waals surface area contributed by atoms with Gasteiger partial charge in [0.05, 0.1) is 11.8 Å². The molecule has 110 valence electrons. The summed E-state index contributed by atoms with van der Waals surface area (Å²) in [5.41, 5.74) is 0.901. The first-order chi connectivity index (χ1) is 8.46. The normalized spacial score (nSPS) is 11.9. The van der Waals surface area contributed by atoms with Crippen molar-refractivity contribution >= 4 is 29.9 Å². The molecule has 0 aliphatic heterocycles. The second-order valence-electron chi connectivity index (χ2n) is 4.77. The largest absolute Gasteiger partial charge is 0.377 e. The van der Waals surface area contributed by atoms with Gasteiger partial charge in [-0.2, -0.15) is 5.10 Å². The van der Waals surface area contributed by atoms with Crippen molar-refractivity contribution in [2.24, 2.45) is 12.0 Å². The second-order valence-corrected chi connectivity index (χ2v) is 4.77. The summed E-state index contributed by atoms with van der Waals surface area (Å²) < 4.78 is 7.12. The molecule has 1 heterocycles. The van der Waals surface area contributed by atoms with Crippen LogP contribution in [-0.4, -0.2) is 42.0 Å². The number of halogens is 1. The molecule has 1 rings (SSSR count). The summed E-state index contributed by atoms with van der Waals surface area (Å²) in [6.45, 7) is 5.43. The maximum atomic E-state index is 5.34. The number of rotatable bonds is 5. The topological polar surface area (TPSA) is 63.5 Å². The summed E-state index contributed by atoms with van der Waals surface area (Å²) >= 11 is 0. The Hall–Kier alpha value is -0.830. The van der Waals surface area contributed by atoms with Crippen molar-refractivity contribution in [1.82, 2.24) is 20.4 Å². The highest BCUT2D eigenvalue weighted by molar-refractivity contribution is 14.0. The lowest BCUT2D eigenvalue weighted by Crippen LogP contribution is -2.45.